The van der Waals surface area contributed by atoms with Crippen molar-refractivity contribution in [3.8, 4) is 5.75 Å². The molecule has 1 aromatic heterocycles. The number of thiophene rings is 1. The van der Waals surface area contributed by atoms with E-state index in [-0.39, 0.29) is 24.7 Å². The molecular formula is C23H31N3O4S. The van der Waals surface area contributed by atoms with Gasteiger partial charge in [-0.2, -0.15) is 0 Å². The van der Waals surface area contributed by atoms with E-state index in [2.05, 4.69) is 17.6 Å². The highest BCUT2D eigenvalue weighted by atomic mass is 32.1. The number of carbonyl (C=O) groups excluding carboxylic acids is 2. The summed E-state index contributed by atoms with van der Waals surface area (Å²) in [7, 11) is 1.53. The second kappa shape index (κ2) is 11.7. The molecule has 2 N–H and O–H groups in total. The molecule has 1 aromatic carbocycles. The van der Waals surface area contributed by atoms with Crippen LogP contribution < -0.4 is 20.3 Å². The highest BCUT2D eigenvalue weighted by Crippen LogP contribution is 2.31. The zero-order chi connectivity index (χ0) is 22.1. The number of hydrogen-bond donors (Lipinski definition) is 2. The first-order valence-electron chi connectivity index (χ1n) is 10.8. The Balaban J connectivity index is 1.70. The Kier molecular flexibility index (Phi) is 8.73. The summed E-state index contributed by atoms with van der Waals surface area (Å²) in [5.41, 5.74) is 0.853. The van der Waals surface area contributed by atoms with Crippen LogP contribution in [0.5, 0.6) is 5.75 Å². The van der Waals surface area contributed by atoms with Gasteiger partial charge < -0.3 is 25.0 Å². The van der Waals surface area contributed by atoms with Gasteiger partial charge in [0.05, 0.1) is 6.61 Å². The fourth-order valence-corrected chi connectivity index (χ4v) is 4.52. The van der Waals surface area contributed by atoms with Gasteiger partial charge >= 0.3 is 6.09 Å². The van der Waals surface area contributed by atoms with Crippen LogP contribution in [0.25, 0.3) is 0 Å². The number of nitrogens with one attached hydrogen (secondary N) is 2. The molecule has 2 atom stereocenters. The van der Waals surface area contributed by atoms with Crippen LogP contribution >= 0.6 is 11.3 Å². The average molecular weight is 446 g/mol. The Bertz CT molecular complexity index is 843. The summed E-state index contributed by atoms with van der Waals surface area (Å²) < 4.78 is 11.4. The highest BCUT2D eigenvalue weighted by Gasteiger charge is 2.24. The van der Waals surface area contributed by atoms with Gasteiger partial charge in [-0.1, -0.05) is 19.1 Å². The molecule has 168 valence electrons. The van der Waals surface area contributed by atoms with Crippen LogP contribution in [0.2, 0.25) is 0 Å². The quantitative estimate of drug-likeness (QED) is 0.607. The molecule has 0 bridgehead atoms. The number of carbonyl (C=O) groups is 2. The van der Waals surface area contributed by atoms with Crippen LogP contribution in [0.1, 0.15) is 43.6 Å². The molecule has 2 amide bonds. The van der Waals surface area contributed by atoms with Crippen molar-refractivity contribution >= 4 is 29.0 Å². The Labute approximate surface area is 187 Å². The minimum atomic E-state index is -0.456. The van der Waals surface area contributed by atoms with E-state index in [0.717, 1.165) is 30.0 Å². The van der Waals surface area contributed by atoms with Crippen LogP contribution in [0.15, 0.2) is 41.8 Å². The van der Waals surface area contributed by atoms with Gasteiger partial charge in [0.25, 0.3) is 0 Å². The Morgan fingerprint density at radius 1 is 1.32 bits per heavy atom. The third-order valence-corrected chi connectivity index (χ3v) is 6.20. The van der Waals surface area contributed by atoms with Gasteiger partial charge in [0, 0.05) is 49.1 Å². The van der Waals surface area contributed by atoms with Crippen molar-refractivity contribution in [2.24, 2.45) is 0 Å². The minimum Gasteiger partial charge on any atom is -0.485 e. The molecule has 1 aliphatic rings. The summed E-state index contributed by atoms with van der Waals surface area (Å²) in [5, 5.41) is 7.84. The lowest BCUT2D eigenvalue weighted by Crippen LogP contribution is -2.34. The van der Waals surface area contributed by atoms with Gasteiger partial charge in [-0.05, 0) is 43.0 Å². The molecule has 31 heavy (non-hydrogen) atoms. The fourth-order valence-electron chi connectivity index (χ4n) is 3.73. The summed E-state index contributed by atoms with van der Waals surface area (Å²) in [4.78, 5) is 27.1. The van der Waals surface area contributed by atoms with Crippen molar-refractivity contribution in [2.75, 3.05) is 31.6 Å². The van der Waals surface area contributed by atoms with E-state index in [1.165, 1.54) is 7.05 Å². The van der Waals surface area contributed by atoms with E-state index in [4.69, 9.17) is 9.47 Å². The number of anilines is 1. The lowest BCUT2D eigenvalue weighted by Gasteiger charge is -2.23. The molecule has 1 saturated heterocycles. The lowest BCUT2D eigenvalue weighted by molar-refractivity contribution is -0.118. The molecule has 2 heterocycles. The maximum absolute atomic E-state index is 12.8. The third-order valence-electron chi connectivity index (χ3n) is 5.23. The van der Waals surface area contributed by atoms with E-state index in [0.29, 0.717) is 25.1 Å². The monoisotopic (exact) mass is 445 g/mol. The van der Waals surface area contributed by atoms with Crippen molar-refractivity contribution in [3.63, 3.8) is 0 Å². The highest BCUT2D eigenvalue weighted by molar-refractivity contribution is 7.10. The molecule has 0 saturated carbocycles. The van der Waals surface area contributed by atoms with Crippen LogP contribution in [-0.4, -0.2) is 44.8 Å². The van der Waals surface area contributed by atoms with Gasteiger partial charge in [0.15, 0.2) is 0 Å². The number of rotatable bonds is 9. The molecule has 1 aliphatic heterocycles. The summed E-state index contributed by atoms with van der Waals surface area (Å²) in [6.45, 7) is 3.89. The van der Waals surface area contributed by atoms with Gasteiger partial charge in [-0.15, -0.1) is 11.3 Å². The molecule has 7 nitrogen and oxygen atoms in total. The second-order valence-electron chi connectivity index (χ2n) is 7.44. The zero-order valence-electron chi connectivity index (χ0n) is 18.1. The van der Waals surface area contributed by atoms with Crippen LogP contribution in [-0.2, 0) is 9.53 Å². The topological polar surface area (TPSA) is 79.9 Å². The van der Waals surface area contributed by atoms with Crippen molar-refractivity contribution in [1.82, 2.24) is 10.6 Å². The number of amides is 2. The summed E-state index contributed by atoms with van der Waals surface area (Å²) in [6.07, 6.45) is 2.31. The van der Waals surface area contributed by atoms with E-state index in [1.807, 2.05) is 46.7 Å². The standard InChI is InChI=1S/C23H31N3O4S/c1-3-25-17-7-5-12-26(22(27)15-17)18-8-4-9-19(16-18)30-20(21-10-6-14-31-21)11-13-29-23(28)24-2/h4,6,8-10,14,16-17,20,25H,3,5,7,11-13,15H2,1-2H3,(H,24,28). The number of benzene rings is 1. The van der Waals surface area contributed by atoms with Gasteiger partial charge in [-0.25, -0.2) is 4.79 Å². The molecule has 0 spiro atoms. The Hall–Kier alpha value is -2.58. The van der Waals surface area contributed by atoms with Crippen molar-refractivity contribution in [3.05, 3.63) is 46.7 Å². The van der Waals surface area contributed by atoms with Gasteiger partial charge in [0.1, 0.15) is 11.9 Å². The van der Waals surface area contributed by atoms with Gasteiger partial charge in [-0.3, -0.25) is 4.79 Å². The van der Waals surface area contributed by atoms with E-state index < -0.39 is 6.09 Å². The summed E-state index contributed by atoms with van der Waals surface area (Å²) >= 11 is 1.60. The Morgan fingerprint density at radius 3 is 2.94 bits per heavy atom. The second-order valence-corrected chi connectivity index (χ2v) is 8.42. The van der Waals surface area contributed by atoms with Crippen LogP contribution in [0.4, 0.5) is 10.5 Å². The fraction of sp³-hybridized carbons (Fsp3) is 0.478. The molecule has 8 heteroatoms. The largest absolute Gasteiger partial charge is 0.485 e. The molecule has 1 fully saturated rings. The predicted octanol–water partition coefficient (Wildman–Crippen LogP) is 4.11. The van der Waals surface area contributed by atoms with E-state index in [1.54, 1.807) is 11.3 Å². The Morgan fingerprint density at radius 2 is 2.19 bits per heavy atom. The lowest BCUT2D eigenvalue weighted by atomic mass is 10.1. The summed E-state index contributed by atoms with van der Waals surface area (Å²) in [5.74, 6) is 0.825. The smallest absolute Gasteiger partial charge is 0.406 e. The van der Waals surface area contributed by atoms with Crippen LogP contribution in [0.3, 0.4) is 0 Å². The molecule has 3 rings (SSSR count). The molecule has 0 aliphatic carbocycles. The molecule has 2 aromatic rings. The zero-order valence-corrected chi connectivity index (χ0v) is 19.0. The normalized spacial score (nSPS) is 17.7. The molecular weight excluding hydrogens is 414 g/mol. The molecule has 0 radical (unpaired) electrons. The van der Waals surface area contributed by atoms with Crippen LogP contribution in [0, 0.1) is 0 Å². The predicted molar refractivity (Wildman–Crippen MR) is 123 cm³/mol. The maximum atomic E-state index is 12.8. The first-order valence-corrected chi connectivity index (χ1v) is 11.7. The molecule has 2 unspecified atom stereocenters. The maximum Gasteiger partial charge on any atom is 0.406 e. The number of alkyl carbamates (subject to hydrolysis) is 1. The number of nitrogens with zero attached hydrogens (tertiary/aromatic N) is 1. The van der Waals surface area contributed by atoms with E-state index in [9.17, 15) is 9.59 Å². The van der Waals surface area contributed by atoms with Crippen molar-refractivity contribution in [2.45, 2.75) is 44.8 Å². The first kappa shape index (κ1) is 23.1. The van der Waals surface area contributed by atoms with Gasteiger partial charge in [0.2, 0.25) is 5.91 Å². The SMILES string of the molecule is CCNC1CCCN(c2cccc(OC(CCOC(=O)NC)c3cccs3)c2)C(=O)C1. The third kappa shape index (κ3) is 6.70. The number of ether oxygens (including phenoxy) is 2. The average Bonchev–Trinajstić information content (AvgIpc) is 3.24. The minimum absolute atomic E-state index is 0.134. The van der Waals surface area contributed by atoms with Crippen molar-refractivity contribution in [1.29, 1.82) is 0 Å². The summed E-state index contributed by atoms with van der Waals surface area (Å²) in [6, 6.07) is 11.9. The van der Waals surface area contributed by atoms with E-state index >= 15 is 0 Å². The first-order chi connectivity index (χ1) is 15.1. The number of hydrogen-bond acceptors (Lipinski definition) is 6. The van der Waals surface area contributed by atoms with Crippen molar-refractivity contribution < 1.29 is 19.1 Å².